The summed E-state index contributed by atoms with van der Waals surface area (Å²) in [5.74, 6) is 1.67. The van der Waals surface area contributed by atoms with E-state index in [-0.39, 0.29) is 12.4 Å². The van der Waals surface area contributed by atoms with E-state index < -0.39 is 12.1 Å². The van der Waals surface area contributed by atoms with E-state index in [1.54, 1.807) is 14.2 Å². The van der Waals surface area contributed by atoms with E-state index in [1.807, 2.05) is 19.1 Å². The summed E-state index contributed by atoms with van der Waals surface area (Å²) in [6.07, 6.45) is 1.56. The Morgan fingerprint density at radius 2 is 1.68 bits per heavy atom. The normalized spacial score (nSPS) is 17.3. The number of aryl methyl sites for hydroxylation is 1. The Balaban J connectivity index is 0.00000180. The van der Waals surface area contributed by atoms with Crippen molar-refractivity contribution in [2.24, 2.45) is 11.7 Å². The van der Waals surface area contributed by atoms with Crippen LogP contribution < -0.4 is 15.2 Å². The summed E-state index contributed by atoms with van der Waals surface area (Å²) in [6, 6.07) is 3.36. The Morgan fingerprint density at radius 3 is 2.05 bits per heavy atom. The molecule has 1 aromatic rings. The number of nitrogens with two attached hydrogens (primary N) is 1. The molecule has 1 saturated carbocycles. The molecular weight excluding hydrogens is 266 g/mol. The number of ether oxygens (including phenoxy) is 2. The van der Waals surface area contributed by atoms with E-state index >= 15 is 0 Å². The molecule has 0 radical (unpaired) electrons. The second-order valence-electron chi connectivity index (χ2n) is 4.94. The third-order valence-electron chi connectivity index (χ3n) is 3.49. The third kappa shape index (κ3) is 3.32. The van der Waals surface area contributed by atoms with Gasteiger partial charge in [-0.15, -0.1) is 12.4 Å². The SMILES string of the molecule is COc1cc(C)cc(OC)c1[C@H](N)[C@H](O)C1CC1.Cl. The van der Waals surface area contributed by atoms with Crippen LogP contribution in [0.5, 0.6) is 11.5 Å². The van der Waals surface area contributed by atoms with Gasteiger partial charge in [0.05, 0.1) is 31.9 Å². The largest absolute Gasteiger partial charge is 0.496 e. The van der Waals surface area contributed by atoms with Crippen molar-refractivity contribution >= 4 is 12.4 Å². The second-order valence-corrected chi connectivity index (χ2v) is 4.94. The lowest BCUT2D eigenvalue weighted by atomic mass is 9.96. The first kappa shape index (κ1) is 16.1. The van der Waals surface area contributed by atoms with Gasteiger partial charge in [-0.25, -0.2) is 0 Å². The van der Waals surface area contributed by atoms with E-state index in [4.69, 9.17) is 15.2 Å². The van der Waals surface area contributed by atoms with Crippen LogP contribution in [-0.2, 0) is 0 Å². The zero-order valence-corrected chi connectivity index (χ0v) is 12.4. The Hall–Kier alpha value is -0.970. The minimum atomic E-state index is -0.532. The minimum Gasteiger partial charge on any atom is -0.496 e. The summed E-state index contributed by atoms with van der Waals surface area (Å²) >= 11 is 0. The van der Waals surface area contributed by atoms with E-state index in [0.717, 1.165) is 24.0 Å². The molecule has 1 fully saturated rings. The molecule has 5 heteroatoms. The summed E-state index contributed by atoms with van der Waals surface area (Å²) in [7, 11) is 3.21. The van der Waals surface area contributed by atoms with Crippen LogP contribution in [0, 0.1) is 12.8 Å². The first-order valence-electron chi connectivity index (χ1n) is 6.24. The molecule has 0 aromatic heterocycles. The molecule has 1 aliphatic carbocycles. The van der Waals surface area contributed by atoms with Gasteiger partial charge in [0.15, 0.2) is 0 Å². The van der Waals surface area contributed by atoms with Crippen molar-refractivity contribution in [2.45, 2.75) is 31.9 Å². The Morgan fingerprint density at radius 1 is 1.21 bits per heavy atom. The van der Waals surface area contributed by atoms with E-state index in [9.17, 15) is 5.11 Å². The number of aliphatic hydroxyl groups excluding tert-OH is 1. The molecule has 108 valence electrons. The lowest BCUT2D eigenvalue weighted by Crippen LogP contribution is -2.28. The Kier molecular flexibility index (Phi) is 5.47. The molecule has 0 amide bonds. The van der Waals surface area contributed by atoms with Crippen LogP contribution in [0.3, 0.4) is 0 Å². The fourth-order valence-corrected chi connectivity index (χ4v) is 2.30. The monoisotopic (exact) mass is 287 g/mol. The van der Waals surface area contributed by atoms with Crippen LogP contribution in [0.4, 0.5) is 0 Å². The zero-order chi connectivity index (χ0) is 13.3. The maximum absolute atomic E-state index is 10.2. The highest BCUT2D eigenvalue weighted by atomic mass is 35.5. The lowest BCUT2D eigenvalue weighted by molar-refractivity contribution is 0.120. The Bertz CT molecular complexity index is 410. The summed E-state index contributed by atoms with van der Waals surface area (Å²) in [5.41, 5.74) is 7.97. The standard InChI is InChI=1S/C14H21NO3.ClH/c1-8-6-10(17-2)12(11(7-8)18-3)13(15)14(16)9-4-5-9;/h6-7,9,13-14,16H,4-5,15H2,1-3H3;1H/t13-,14+;/m0./s1. The van der Waals surface area contributed by atoms with Gasteiger partial charge >= 0.3 is 0 Å². The predicted molar refractivity (Wildman–Crippen MR) is 77.2 cm³/mol. The summed E-state index contributed by atoms with van der Waals surface area (Å²) < 4.78 is 10.7. The summed E-state index contributed by atoms with van der Waals surface area (Å²) in [4.78, 5) is 0. The van der Waals surface area contributed by atoms with Crippen molar-refractivity contribution in [3.63, 3.8) is 0 Å². The molecule has 1 aliphatic rings. The third-order valence-corrected chi connectivity index (χ3v) is 3.49. The fourth-order valence-electron chi connectivity index (χ4n) is 2.30. The van der Waals surface area contributed by atoms with Crippen LogP contribution in [0.15, 0.2) is 12.1 Å². The van der Waals surface area contributed by atoms with E-state index in [1.165, 1.54) is 0 Å². The number of hydrogen-bond donors (Lipinski definition) is 2. The molecule has 0 aliphatic heterocycles. The highest BCUT2D eigenvalue weighted by Crippen LogP contribution is 2.42. The van der Waals surface area contributed by atoms with Crippen molar-refractivity contribution in [1.29, 1.82) is 0 Å². The van der Waals surface area contributed by atoms with Crippen LogP contribution in [-0.4, -0.2) is 25.4 Å². The van der Waals surface area contributed by atoms with E-state index in [0.29, 0.717) is 17.4 Å². The number of hydrogen-bond acceptors (Lipinski definition) is 4. The summed E-state index contributed by atoms with van der Waals surface area (Å²) in [5, 5.41) is 10.2. The number of aliphatic hydroxyl groups is 1. The van der Waals surface area contributed by atoms with Crippen molar-refractivity contribution in [2.75, 3.05) is 14.2 Å². The molecule has 3 N–H and O–H groups in total. The van der Waals surface area contributed by atoms with Gasteiger partial charge in [0.2, 0.25) is 0 Å². The molecule has 19 heavy (non-hydrogen) atoms. The van der Waals surface area contributed by atoms with Gasteiger partial charge in [-0.1, -0.05) is 0 Å². The predicted octanol–water partition coefficient (Wildman–Crippen LogP) is 2.20. The molecule has 0 spiro atoms. The van der Waals surface area contributed by atoms with Gasteiger partial charge < -0.3 is 20.3 Å². The molecule has 2 atom stereocenters. The highest BCUT2D eigenvalue weighted by molar-refractivity contribution is 5.85. The van der Waals surface area contributed by atoms with Gasteiger partial charge in [-0.05, 0) is 43.4 Å². The zero-order valence-electron chi connectivity index (χ0n) is 11.6. The molecule has 0 unspecified atom stereocenters. The molecule has 0 saturated heterocycles. The molecule has 4 nitrogen and oxygen atoms in total. The van der Waals surface area contributed by atoms with Gasteiger partial charge in [0.1, 0.15) is 11.5 Å². The van der Waals surface area contributed by atoms with Gasteiger partial charge in [-0.2, -0.15) is 0 Å². The maximum atomic E-state index is 10.2. The van der Waals surface area contributed by atoms with Crippen LogP contribution in [0.1, 0.15) is 30.0 Å². The average molecular weight is 288 g/mol. The van der Waals surface area contributed by atoms with Crippen LogP contribution in [0.25, 0.3) is 0 Å². The average Bonchev–Trinajstić information content (AvgIpc) is 3.20. The lowest BCUT2D eigenvalue weighted by Gasteiger charge is -2.23. The van der Waals surface area contributed by atoms with Crippen molar-refractivity contribution in [3.8, 4) is 11.5 Å². The van der Waals surface area contributed by atoms with Gasteiger partial charge in [0, 0.05) is 0 Å². The molecule has 0 bridgehead atoms. The Labute approximate surface area is 120 Å². The highest BCUT2D eigenvalue weighted by Gasteiger charge is 2.36. The van der Waals surface area contributed by atoms with Crippen LogP contribution >= 0.6 is 12.4 Å². The second kappa shape index (κ2) is 6.46. The first-order valence-corrected chi connectivity index (χ1v) is 6.24. The molecule has 0 heterocycles. The van der Waals surface area contributed by atoms with Gasteiger partial charge in [0.25, 0.3) is 0 Å². The van der Waals surface area contributed by atoms with Crippen LogP contribution in [0.2, 0.25) is 0 Å². The summed E-state index contributed by atoms with van der Waals surface area (Å²) in [6.45, 7) is 1.97. The molecule has 1 aromatic carbocycles. The number of halogens is 1. The smallest absolute Gasteiger partial charge is 0.127 e. The maximum Gasteiger partial charge on any atom is 0.127 e. The quantitative estimate of drug-likeness (QED) is 0.871. The minimum absolute atomic E-state index is 0. The molecule has 2 rings (SSSR count). The fraction of sp³-hybridized carbons (Fsp3) is 0.571. The van der Waals surface area contributed by atoms with Gasteiger partial charge in [-0.3, -0.25) is 0 Å². The van der Waals surface area contributed by atoms with E-state index in [2.05, 4.69) is 0 Å². The topological polar surface area (TPSA) is 64.7 Å². The number of benzene rings is 1. The number of rotatable bonds is 5. The van der Waals surface area contributed by atoms with Crippen molar-refractivity contribution in [1.82, 2.24) is 0 Å². The first-order chi connectivity index (χ1) is 8.58. The number of methoxy groups -OCH3 is 2. The van der Waals surface area contributed by atoms with Crippen molar-refractivity contribution < 1.29 is 14.6 Å². The van der Waals surface area contributed by atoms with Crippen molar-refractivity contribution in [3.05, 3.63) is 23.3 Å². The molecular formula is C14H22ClNO3.